The molecular weight excluding hydrogens is 328 g/mol. The van der Waals surface area contributed by atoms with Gasteiger partial charge in [-0.05, 0) is 27.2 Å². The predicted molar refractivity (Wildman–Crippen MR) is 91.4 cm³/mol. The van der Waals surface area contributed by atoms with Gasteiger partial charge in [-0.15, -0.1) is 0 Å². The maximum atomic E-state index is 12.0. The van der Waals surface area contributed by atoms with Crippen LogP contribution in [0.1, 0.15) is 31.4 Å². The molecule has 138 valence electrons. The van der Waals surface area contributed by atoms with Gasteiger partial charge in [-0.3, -0.25) is 9.59 Å². The second kappa shape index (κ2) is 8.96. The van der Waals surface area contributed by atoms with Crippen LogP contribution in [0, 0.1) is 6.92 Å². The van der Waals surface area contributed by atoms with Crippen LogP contribution < -0.4 is 14.2 Å². The molecule has 0 spiro atoms. The summed E-state index contributed by atoms with van der Waals surface area (Å²) in [5.74, 6) is -1.35. The molecule has 0 aliphatic carbocycles. The van der Waals surface area contributed by atoms with E-state index in [0.29, 0.717) is 17.5 Å². The molecule has 0 bridgehead atoms. The van der Waals surface area contributed by atoms with Gasteiger partial charge in [0.15, 0.2) is 11.5 Å². The summed E-state index contributed by atoms with van der Waals surface area (Å²) in [5.41, 5.74) is 2.13. The number of allylic oxidation sites excluding steroid dienone is 2. The zero-order valence-corrected chi connectivity index (χ0v) is 15.4. The lowest BCUT2D eigenvalue weighted by molar-refractivity contribution is -0.148. The van der Waals surface area contributed by atoms with E-state index in [2.05, 4.69) is 4.74 Å². The fourth-order valence-corrected chi connectivity index (χ4v) is 2.23. The lowest BCUT2D eigenvalue weighted by Gasteiger charge is -2.19. The van der Waals surface area contributed by atoms with Gasteiger partial charge in [0.25, 0.3) is 0 Å². The average Bonchev–Trinajstić information content (AvgIpc) is 2.56. The Kier molecular flexibility index (Phi) is 7.29. The zero-order valence-electron chi connectivity index (χ0n) is 15.4. The number of hydrogen-bond donors (Lipinski definition) is 1. The number of rotatable bonds is 7. The number of aromatic hydroxyl groups is 1. The van der Waals surface area contributed by atoms with E-state index in [-0.39, 0.29) is 23.0 Å². The van der Waals surface area contributed by atoms with Crippen molar-refractivity contribution in [2.75, 3.05) is 21.3 Å². The van der Waals surface area contributed by atoms with Gasteiger partial charge in [0.2, 0.25) is 11.5 Å². The van der Waals surface area contributed by atoms with E-state index < -0.39 is 18.4 Å². The second-order valence-corrected chi connectivity index (χ2v) is 5.56. The first-order chi connectivity index (χ1) is 11.8. The third kappa shape index (κ3) is 4.89. The van der Waals surface area contributed by atoms with E-state index in [1.807, 2.05) is 19.9 Å². The molecule has 0 aliphatic rings. The quantitative estimate of drug-likeness (QED) is 0.349. The standard InChI is InChI=1S/C18H24O7/c1-10(2)7-8-12-11(3)16(25-14(20)9-13(19)22-4)18(24-6)17(23-5)15(12)21/h7,21H,8-9H2,1-6H3. The predicted octanol–water partition coefficient (Wildman–Crippen LogP) is 2.70. The summed E-state index contributed by atoms with van der Waals surface area (Å²) in [4.78, 5) is 23.2. The minimum absolute atomic E-state index is 0.0612. The highest BCUT2D eigenvalue weighted by atomic mass is 16.6. The Bertz CT molecular complexity index is 685. The van der Waals surface area contributed by atoms with Crippen molar-refractivity contribution in [2.45, 2.75) is 33.6 Å². The number of ether oxygens (including phenoxy) is 4. The summed E-state index contributed by atoms with van der Waals surface area (Å²) >= 11 is 0. The van der Waals surface area contributed by atoms with Crippen molar-refractivity contribution in [3.8, 4) is 23.0 Å². The number of methoxy groups -OCH3 is 3. The summed E-state index contributed by atoms with van der Waals surface area (Å²) in [7, 11) is 3.92. The van der Waals surface area contributed by atoms with Crippen molar-refractivity contribution in [1.82, 2.24) is 0 Å². The van der Waals surface area contributed by atoms with Gasteiger partial charge >= 0.3 is 11.9 Å². The maximum Gasteiger partial charge on any atom is 0.322 e. The van der Waals surface area contributed by atoms with Crippen LogP contribution in [-0.2, 0) is 20.7 Å². The van der Waals surface area contributed by atoms with Crippen LogP contribution in [0.25, 0.3) is 0 Å². The van der Waals surface area contributed by atoms with E-state index in [4.69, 9.17) is 14.2 Å². The minimum atomic E-state index is -0.797. The Hall–Kier alpha value is -2.70. The monoisotopic (exact) mass is 352 g/mol. The Morgan fingerprint density at radius 1 is 1.00 bits per heavy atom. The SMILES string of the molecule is COC(=O)CC(=O)Oc1c(C)c(CC=C(C)C)c(O)c(OC)c1OC. The van der Waals surface area contributed by atoms with Gasteiger partial charge in [-0.25, -0.2) is 0 Å². The molecule has 0 fully saturated rings. The van der Waals surface area contributed by atoms with Crippen LogP contribution >= 0.6 is 0 Å². The van der Waals surface area contributed by atoms with E-state index in [1.54, 1.807) is 6.92 Å². The molecule has 1 N–H and O–H groups in total. The largest absolute Gasteiger partial charge is 0.504 e. The average molecular weight is 352 g/mol. The topological polar surface area (TPSA) is 91.3 Å². The van der Waals surface area contributed by atoms with Crippen LogP contribution in [0.3, 0.4) is 0 Å². The van der Waals surface area contributed by atoms with Crippen LogP contribution in [0.2, 0.25) is 0 Å². The van der Waals surface area contributed by atoms with Crippen molar-refractivity contribution >= 4 is 11.9 Å². The molecule has 1 rings (SSSR count). The molecule has 0 unspecified atom stereocenters. The Morgan fingerprint density at radius 2 is 1.60 bits per heavy atom. The molecule has 0 saturated heterocycles. The van der Waals surface area contributed by atoms with Crippen molar-refractivity contribution in [1.29, 1.82) is 0 Å². The van der Waals surface area contributed by atoms with Crippen molar-refractivity contribution in [3.05, 3.63) is 22.8 Å². The molecule has 0 saturated carbocycles. The summed E-state index contributed by atoms with van der Waals surface area (Å²) in [5, 5.41) is 10.5. The molecule has 1 aromatic rings. The van der Waals surface area contributed by atoms with E-state index >= 15 is 0 Å². The number of benzene rings is 1. The highest BCUT2D eigenvalue weighted by Crippen LogP contribution is 2.49. The summed E-state index contributed by atoms with van der Waals surface area (Å²) in [6.07, 6.45) is 1.81. The highest BCUT2D eigenvalue weighted by Gasteiger charge is 2.26. The number of carbonyl (C=O) groups is 2. The number of phenolic OH excluding ortho intramolecular Hbond substituents is 1. The summed E-state index contributed by atoms with van der Waals surface area (Å²) in [6, 6.07) is 0. The molecule has 0 heterocycles. The van der Waals surface area contributed by atoms with Gasteiger partial charge in [0.05, 0.1) is 21.3 Å². The summed E-state index contributed by atoms with van der Waals surface area (Å²) < 4.78 is 20.2. The van der Waals surface area contributed by atoms with Crippen molar-refractivity contribution in [3.63, 3.8) is 0 Å². The number of carbonyl (C=O) groups excluding carboxylic acids is 2. The fraction of sp³-hybridized carbons (Fsp3) is 0.444. The van der Waals surface area contributed by atoms with E-state index in [0.717, 1.165) is 5.57 Å². The third-order valence-electron chi connectivity index (χ3n) is 3.56. The highest BCUT2D eigenvalue weighted by molar-refractivity contribution is 5.92. The number of hydrogen-bond acceptors (Lipinski definition) is 7. The molecule has 0 aliphatic heterocycles. The van der Waals surface area contributed by atoms with Crippen LogP contribution in [0.4, 0.5) is 0 Å². The van der Waals surface area contributed by atoms with E-state index in [1.165, 1.54) is 21.3 Å². The third-order valence-corrected chi connectivity index (χ3v) is 3.56. The molecule has 25 heavy (non-hydrogen) atoms. The van der Waals surface area contributed by atoms with Gasteiger partial charge < -0.3 is 24.1 Å². The molecule has 0 radical (unpaired) electrons. The van der Waals surface area contributed by atoms with Crippen LogP contribution in [0.5, 0.6) is 23.0 Å². The van der Waals surface area contributed by atoms with Crippen molar-refractivity contribution < 1.29 is 33.6 Å². The smallest absolute Gasteiger partial charge is 0.322 e. The van der Waals surface area contributed by atoms with Crippen molar-refractivity contribution in [2.24, 2.45) is 0 Å². The zero-order chi connectivity index (χ0) is 19.1. The molecular formula is C18H24O7. The van der Waals surface area contributed by atoms with E-state index in [9.17, 15) is 14.7 Å². The Morgan fingerprint density at radius 3 is 2.08 bits per heavy atom. The lowest BCUT2D eigenvalue weighted by Crippen LogP contribution is -2.16. The minimum Gasteiger partial charge on any atom is -0.504 e. The fourth-order valence-electron chi connectivity index (χ4n) is 2.23. The second-order valence-electron chi connectivity index (χ2n) is 5.56. The molecule has 0 aromatic heterocycles. The molecule has 0 atom stereocenters. The number of phenols is 1. The summed E-state index contributed by atoms with van der Waals surface area (Å²) in [6.45, 7) is 5.56. The molecule has 7 heteroatoms. The first kappa shape index (κ1) is 20.3. The van der Waals surface area contributed by atoms with Crippen LogP contribution in [-0.4, -0.2) is 38.4 Å². The molecule has 0 amide bonds. The Labute approximate surface area is 147 Å². The maximum absolute atomic E-state index is 12.0. The van der Waals surface area contributed by atoms with Gasteiger partial charge in [-0.2, -0.15) is 0 Å². The first-order valence-electron chi connectivity index (χ1n) is 7.63. The molecule has 7 nitrogen and oxygen atoms in total. The lowest BCUT2D eigenvalue weighted by atomic mass is 10.0. The van der Waals surface area contributed by atoms with Gasteiger partial charge in [0.1, 0.15) is 6.42 Å². The molecule has 1 aromatic carbocycles. The first-order valence-corrected chi connectivity index (χ1v) is 7.63. The van der Waals surface area contributed by atoms with Crippen LogP contribution in [0.15, 0.2) is 11.6 Å². The number of esters is 2. The Balaban J connectivity index is 3.42. The normalized spacial score (nSPS) is 10.0. The van der Waals surface area contributed by atoms with Gasteiger partial charge in [0, 0.05) is 11.1 Å². The van der Waals surface area contributed by atoms with Gasteiger partial charge in [-0.1, -0.05) is 11.6 Å².